The quantitative estimate of drug-likeness (QED) is 0.691. The molecular formula is C10H18N4. The summed E-state index contributed by atoms with van der Waals surface area (Å²) in [7, 11) is 0. The molecule has 4 nitrogen and oxygen atoms in total. The van der Waals surface area contributed by atoms with Crippen molar-refractivity contribution in [2.45, 2.75) is 26.8 Å². The molecule has 0 bridgehead atoms. The van der Waals surface area contributed by atoms with Gasteiger partial charge in [-0.2, -0.15) is 0 Å². The highest BCUT2D eigenvalue weighted by atomic mass is 15.1. The molecule has 0 fully saturated rings. The van der Waals surface area contributed by atoms with Gasteiger partial charge in [-0.15, -0.1) is 0 Å². The largest absolute Gasteiger partial charge is 0.353 e. The molecule has 0 unspecified atom stereocenters. The summed E-state index contributed by atoms with van der Waals surface area (Å²) in [6.45, 7) is 7.99. The van der Waals surface area contributed by atoms with Gasteiger partial charge < -0.3 is 10.6 Å². The van der Waals surface area contributed by atoms with Crippen LogP contribution in [0.2, 0.25) is 0 Å². The average Bonchev–Trinajstić information content (AvgIpc) is 2.12. The molecule has 0 aliphatic heterocycles. The Bertz CT molecular complexity index is 273. The smallest absolute Gasteiger partial charge is 0.222 e. The van der Waals surface area contributed by atoms with E-state index in [0.29, 0.717) is 12.0 Å². The summed E-state index contributed by atoms with van der Waals surface area (Å²) in [6.07, 6.45) is 1.76. The van der Waals surface area contributed by atoms with E-state index < -0.39 is 0 Å². The lowest BCUT2D eigenvalue weighted by Crippen LogP contribution is -2.28. The number of hydrogen-bond donors (Lipinski definition) is 2. The number of rotatable bonds is 5. The second-order valence-electron chi connectivity index (χ2n) is 3.56. The molecule has 2 N–H and O–H groups in total. The maximum Gasteiger partial charge on any atom is 0.222 e. The number of aromatic nitrogens is 2. The zero-order chi connectivity index (χ0) is 10.4. The van der Waals surface area contributed by atoms with Crippen LogP contribution >= 0.6 is 0 Å². The lowest BCUT2D eigenvalue weighted by Gasteiger charge is -2.08. The van der Waals surface area contributed by atoms with E-state index in [1.807, 2.05) is 13.0 Å². The fourth-order valence-corrected chi connectivity index (χ4v) is 1.07. The van der Waals surface area contributed by atoms with Crippen LogP contribution in [-0.4, -0.2) is 29.1 Å². The Labute approximate surface area is 85.2 Å². The van der Waals surface area contributed by atoms with Crippen molar-refractivity contribution in [1.82, 2.24) is 15.3 Å². The number of nitrogens with zero attached hydrogens (tertiary/aromatic N) is 2. The van der Waals surface area contributed by atoms with E-state index in [2.05, 4.69) is 34.4 Å². The van der Waals surface area contributed by atoms with Gasteiger partial charge in [-0.25, -0.2) is 9.97 Å². The predicted molar refractivity (Wildman–Crippen MR) is 58.4 cm³/mol. The molecule has 0 aromatic carbocycles. The first-order chi connectivity index (χ1) is 6.68. The van der Waals surface area contributed by atoms with Crippen molar-refractivity contribution in [1.29, 1.82) is 0 Å². The first-order valence-electron chi connectivity index (χ1n) is 4.95. The molecule has 1 aromatic rings. The van der Waals surface area contributed by atoms with Crippen LogP contribution in [0.3, 0.4) is 0 Å². The van der Waals surface area contributed by atoms with Gasteiger partial charge in [-0.1, -0.05) is 13.8 Å². The highest BCUT2D eigenvalue weighted by Crippen LogP contribution is 1.97. The van der Waals surface area contributed by atoms with Gasteiger partial charge in [0.15, 0.2) is 0 Å². The minimum Gasteiger partial charge on any atom is -0.353 e. The molecule has 0 spiro atoms. The van der Waals surface area contributed by atoms with Gasteiger partial charge in [-0.3, -0.25) is 0 Å². The zero-order valence-corrected chi connectivity index (χ0v) is 9.04. The molecule has 1 rings (SSSR count). The molecule has 1 aromatic heterocycles. The first-order valence-corrected chi connectivity index (χ1v) is 4.95. The van der Waals surface area contributed by atoms with Gasteiger partial charge in [0, 0.05) is 31.0 Å². The summed E-state index contributed by atoms with van der Waals surface area (Å²) in [4.78, 5) is 8.35. The molecule has 78 valence electrons. The number of hydrogen-bond acceptors (Lipinski definition) is 4. The summed E-state index contributed by atoms with van der Waals surface area (Å²) < 4.78 is 0. The molecule has 0 aliphatic carbocycles. The number of aryl methyl sites for hydroxylation is 1. The lowest BCUT2D eigenvalue weighted by molar-refractivity contribution is 0.601. The Morgan fingerprint density at radius 1 is 1.36 bits per heavy atom. The Morgan fingerprint density at radius 2 is 2.14 bits per heavy atom. The van der Waals surface area contributed by atoms with Crippen LogP contribution in [0.25, 0.3) is 0 Å². The molecule has 0 atom stereocenters. The third-order valence-corrected chi connectivity index (χ3v) is 1.76. The van der Waals surface area contributed by atoms with Gasteiger partial charge in [-0.05, 0) is 13.0 Å². The molecule has 0 saturated heterocycles. The van der Waals surface area contributed by atoms with Gasteiger partial charge in [0.05, 0.1) is 0 Å². The highest BCUT2D eigenvalue weighted by molar-refractivity contribution is 5.24. The average molecular weight is 194 g/mol. The standard InChI is InChI=1S/C10H18N4/c1-8(2)11-6-7-13-10-12-5-4-9(3)14-10/h4-5,8,11H,6-7H2,1-3H3,(H,12,13,14). The van der Waals surface area contributed by atoms with Crippen LogP contribution in [-0.2, 0) is 0 Å². The fraction of sp³-hybridized carbons (Fsp3) is 0.600. The van der Waals surface area contributed by atoms with E-state index in [9.17, 15) is 0 Å². The van der Waals surface area contributed by atoms with Gasteiger partial charge in [0.25, 0.3) is 0 Å². The normalized spacial score (nSPS) is 10.6. The van der Waals surface area contributed by atoms with Crippen molar-refractivity contribution in [2.24, 2.45) is 0 Å². The van der Waals surface area contributed by atoms with Crippen molar-refractivity contribution < 1.29 is 0 Å². The highest BCUT2D eigenvalue weighted by Gasteiger charge is 1.95. The molecular weight excluding hydrogens is 176 g/mol. The van der Waals surface area contributed by atoms with Crippen molar-refractivity contribution in [3.05, 3.63) is 18.0 Å². The van der Waals surface area contributed by atoms with Crippen molar-refractivity contribution in [2.75, 3.05) is 18.4 Å². The van der Waals surface area contributed by atoms with E-state index in [-0.39, 0.29) is 0 Å². The van der Waals surface area contributed by atoms with E-state index in [1.165, 1.54) is 0 Å². The van der Waals surface area contributed by atoms with Crippen LogP contribution in [0.1, 0.15) is 19.5 Å². The predicted octanol–water partition coefficient (Wildman–Crippen LogP) is 1.19. The second kappa shape index (κ2) is 5.54. The number of anilines is 1. The van der Waals surface area contributed by atoms with E-state index in [4.69, 9.17) is 0 Å². The van der Waals surface area contributed by atoms with E-state index >= 15 is 0 Å². The van der Waals surface area contributed by atoms with Crippen LogP contribution in [0.15, 0.2) is 12.3 Å². The Balaban J connectivity index is 2.25. The molecule has 0 amide bonds. The summed E-state index contributed by atoms with van der Waals surface area (Å²) in [5.74, 6) is 0.704. The summed E-state index contributed by atoms with van der Waals surface area (Å²) in [6, 6.07) is 2.41. The van der Waals surface area contributed by atoms with Crippen molar-refractivity contribution in [3.63, 3.8) is 0 Å². The summed E-state index contributed by atoms with van der Waals surface area (Å²) >= 11 is 0. The molecule has 0 radical (unpaired) electrons. The molecule has 4 heteroatoms. The molecule has 14 heavy (non-hydrogen) atoms. The first kappa shape index (κ1) is 10.9. The van der Waals surface area contributed by atoms with Crippen LogP contribution < -0.4 is 10.6 Å². The summed E-state index contributed by atoms with van der Waals surface area (Å²) in [5, 5.41) is 6.47. The topological polar surface area (TPSA) is 49.8 Å². The minimum atomic E-state index is 0.523. The Morgan fingerprint density at radius 3 is 2.79 bits per heavy atom. The Hall–Kier alpha value is -1.16. The molecule has 1 heterocycles. The maximum atomic E-state index is 4.24. The van der Waals surface area contributed by atoms with Crippen molar-refractivity contribution in [3.8, 4) is 0 Å². The van der Waals surface area contributed by atoms with Crippen LogP contribution in [0.5, 0.6) is 0 Å². The van der Waals surface area contributed by atoms with Gasteiger partial charge in [0.2, 0.25) is 5.95 Å². The zero-order valence-electron chi connectivity index (χ0n) is 9.04. The lowest BCUT2D eigenvalue weighted by atomic mass is 10.4. The third kappa shape index (κ3) is 4.18. The van der Waals surface area contributed by atoms with Gasteiger partial charge >= 0.3 is 0 Å². The van der Waals surface area contributed by atoms with Crippen LogP contribution in [0.4, 0.5) is 5.95 Å². The fourth-order valence-electron chi connectivity index (χ4n) is 1.07. The van der Waals surface area contributed by atoms with E-state index in [1.54, 1.807) is 6.20 Å². The van der Waals surface area contributed by atoms with Crippen LogP contribution in [0, 0.1) is 6.92 Å². The molecule has 0 aliphatic rings. The van der Waals surface area contributed by atoms with E-state index in [0.717, 1.165) is 18.8 Å². The Kier molecular flexibility index (Phi) is 4.32. The minimum absolute atomic E-state index is 0.523. The summed E-state index contributed by atoms with van der Waals surface area (Å²) in [5.41, 5.74) is 0.985. The molecule has 0 saturated carbocycles. The third-order valence-electron chi connectivity index (χ3n) is 1.76. The van der Waals surface area contributed by atoms with Crippen molar-refractivity contribution >= 4 is 5.95 Å². The second-order valence-corrected chi connectivity index (χ2v) is 3.56. The monoisotopic (exact) mass is 194 g/mol. The maximum absolute atomic E-state index is 4.24. The number of nitrogens with one attached hydrogen (secondary N) is 2. The van der Waals surface area contributed by atoms with Gasteiger partial charge in [0.1, 0.15) is 0 Å². The SMILES string of the molecule is Cc1ccnc(NCCNC(C)C)n1.